The number of benzene rings is 2. The molecule has 0 aliphatic carbocycles. The van der Waals surface area contributed by atoms with Crippen LogP contribution in [0.2, 0.25) is 0 Å². The third kappa shape index (κ3) is 4.10. The number of rotatable bonds is 5. The van der Waals surface area contributed by atoms with E-state index in [-0.39, 0.29) is 5.91 Å². The van der Waals surface area contributed by atoms with Crippen LogP contribution in [-0.4, -0.2) is 12.0 Å². The lowest BCUT2D eigenvalue weighted by Crippen LogP contribution is -2.36. The minimum absolute atomic E-state index is 0.109. The van der Waals surface area contributed by atoms with Crippen molar-refractivity contribution < 1.29 is 9.53 Å². The second-order valence-electron chi connectivity index (χ2n) is 5.66. The molecule has 22 heavy (non-hydrogen) atoms. The van der Waals surface area contributed by atoms with E-state index in [1.165, 1.54) is 5.56 Å². The number of amides is 1. The van der Waals surface area contributed by atoms with Gasteiger partial charge in [-0.2, -0.15) is 0 Å². The molecule has 2 rings (SSSR count). The Morgan fingerprint density at radius 2 is 1.86 bits per heavy atom. The monoisotopic (exact) mass is 297 g/mol. The Morgan fingerprint density at radius 3 is 2.59 bits per heavy atom. The normalized spacial score (nSPS) is 11.8. The van der Waals surface area contributed by atoms with Crippen molar-refractivity contribution in [1.82, 2.24) is 5.32 Å². The molecule has 0 heterocycles. The molecule has 0 saturated heterocycles. The van der Waals surface area contributed by atoms with Crippen LogP contribution in [-0.2, 0) is 11.3 Å². The predicted octanol–water partition coefficient (Wildman–Crippen LogP) is 3.70. The highest BCUT2D eigenvalue weighted by Gasteiger charge is 2.15. The van der Waals surface area contributed by atoms with Crippen LogP contribution in [0.15, 0.2) is 42.5 Å². The topological polar surface area (TPSA) is 38.3 Å². The first kappa shape index (κ1) is 16.1. The van der Waals surface area contributed by atoms with Crippen LogP contribution in [0.25, 0.3) is 0 Å². The number of carbonyl (C=O) groups excluding carboxylic acids is 1. The Morgan fingerprint density at radius 1 is 1.14 bits per heavy atom. The average molecular weight is 297 g/mol. The predicted molar refractivity (Wildman–Crippen MR) is 89.0 cm³/mol. The van der Waals surface area contributed by atoms with E-state index in [9.17, 15) is 4.79 Å². The lowest BCUT2D eigenvalue weighted by molar-refractivity contribution is -0.127. The van der Waals surface area contributed by atoms with Gasteiger partial charge in [0.15, 0.2) is 6.10 Å². The fourth-order valence-corrected chi connectivity index (χ4v) is 2.25. The minimum Gasteiger partial charge on any atom is -0.481 e. The fourth-order valence-electron chi connectivity index (χ4n) is 2.25. The highest BCUT2D eigenvalue weighted by molar-refractivity contribution is 5.80. The SMILES string of the molecule is Cc1cccc(CNC(=O)C(C)Oc2cccc(C)c2C)c1. The zero-order valence-electron chi connectivity index (χ0n) is 13.6. The van der Waals surface area contributed by atoms with Crippen molar-refractivity contribution in [1.29, 1.82) is 0 Å². The molecule has 1 unspecified atom stereocenters. The average Bonchev–Trinajstić information content (AvgIpc) is 2.49. The molecular formula is C19H23NO2. The number of hydrogen-bond donors (Lipinski definition) is 1. The van der Waals surface area contributed by atoms with E-state index in [4.69, 9.17) is 4.74 Å². The zero-order chi connectivity index (χ0) is 16.1. The van der Waals surface area contributed by atoms with Gasteiger partial charge in [0.2, 0.25) is 0 Å². The maximum absolute atomic E-state index is 12.2. The summed E-state index contributed by atoms with van der Waals surface area (Å²) in [7, 11) is 0. The fraction of sp³-hybridized carbons (Fsp3) is 0.316. The van der Waals surface area contributed by atoms with E-state index in [1.54, 1.807) is 6.92 Å². The summed E-state index contributed by atoms with van der Waals surface area (Å²) >= 11 is 0. The first-order valence-corrected chi connectivity index (χ1v) is 7.53. The van der Waals surface area contributed by atoms with E-state index in [0.29, 0.717) is 6.54 Å². The number of hydrogen-bond acceptors (Lipinski definition) is 2. The molecule has 1 amide bonds. The molecule has 0 aliphatic heterocycles. The van der Waals surface area contributed by atoms with E-state index < -0.39 is 6.10 Å². The summed E-state index contributed by atoms with van der Waals surface area (Å²) < 4.78 is 5.79. The van der Waals surface area contributed by atoms with Crippen molar-refractivity contribution in [3.8, 4) is 5.75 Å². The number of nitrogens with one attached hydrogen (secondary N) is 1. The van der Waals surface area contributed by atoms with Gasteiger partial charge in [0, 0.05) is 6.54 Å². The molecular weight excluding hydrogens is 274 g/mol. The second kappa shape index (κ2) is 7.12. The summed E-state index contributed by atoms with van der Waals surface area (Å²) in [6, 6.07) is 14.0. The minimum atomic E-state index is -0.523. The van der Waals surface area contributed by atoms with Crippen LogP contribution in [0.3, 0.4) is 0 Å². The van der Waals surface area contributed by atoms with Crippen molar-refractivity contribution >= 4 is 5.91 Å². The third-order valence-electron chi connectivity index (χ3n) is 3.78. The molecule has 116 valence electrons. The maximum atomic E-state index is 12.2. The van der Waals surface area contributed by atoms with Crippen molar-refractivity contribution in [3.05, 3.63) is 64.7 Å². The standard InChI is InChI=1S/C19H23NO2/c1-13-7-5-9-17(11-13)12-20-19(21)16(4)22-18-10-6-8-14(2)15(18)3/h5-11,16H,12H2,1-4H3,(H,20,21). The molecule has 0 radical (unpaired) electrons. The van der Waals surface area contributed by atoms with Gasteiger partial charge in [0.25, 0.3) is 5.91 Å². The Hall–Kier alpha value is -2.29. The van der Waals surface area contributed by atoms with Crippen LogP contribution in [0.1, 0.15) is 29.2 Å². The Bertz CT molecular complexity index is 664. The second-order valence-corrected chi connectivity index (χ2v) is 5.66. The Labute approximate surface area is 132 Å². The van der Waals surface area contributed by atoms with Crippen LogP contribution in [0, 0.1) is 20.8 Å². The van der Waals surface area contributed by atoms with Gasteiger partial charge in [-0.05, 0) is 50.5 Å². The third-order valence-corrected chi connectivity index (χ3v) is 3.78. The van der Waals surface area contributed by atoms with Crippen molar-refractivity contribution in [2.45, 2.75) is 40.3 Å². The Kier molecular flexibility index (Phi) is 5.21. The van der Waals surface area contributed by atoms with Gasteiger partial charge in [-0.25, -0.2) is 0 Å². The van der Waals surface area contributed by atoms with Gasteiger partial charge in [0.1, 0.15) is 5.75 Å². The number of aryl methyl sites for hydroxylation is 2. The smallest absolute Gasteiger partial charge is 0.261 e. The Balaban J connectivity index is 1.93. The van der Waals surface area contributed by atoms with Gasteiger partial charge in [-0.1, -0.05) is 42.0 Å². The van der Waals surface area contributed by atoms with Crippen molar-refractivity contribution in [2.75, 3.05) is 0 Å². The molecule has 2 aromatic rings. The molecule has 0 saturated carbocycles. The van der Waals surface area contributed by atoms with Gasteiger partial charge in [-0.3, -0.25) is 4.79 Å². The van der Waals surface area contributed by atoms with Crippen LogP contribution < -0.4 is 10.1 Å². The highest BCUT2D eigenvalue weighted by atomic mass is 16.5. The largest absolute Gasteiger partial charge is 0.481 e. The lowest BCUT2D eigenvalue weighted by Gasteiger charge is -2.17. The summed E-state index contributed by atoms with van der Waals surface area (Å²) in [5, 5.41) is 2.92. The van der Waals surface area contributed by atoms with Crippen LogP contribution in [0.4, 0.5) is 0 Å². The van der Waals surface area contributed by atoms with Gasteiger partial charge < -0.3 is 10.1 Å². The van der Waals surface area contributed by atoms with Gasteiger partial charge in [0.05, 0.1) is 0 Å². The van der Waals surface area contributed by atoms with Crippen LogP contribution in [0.5, 0.6) is 5.75 Å². The summed E-state index contributed by atoms with van der Waals surface area (Å²) in [4.78, 5) is 12.2. The first-order chi connectivity index (χ1) is 10.5. The molecule has 1 atom stereocenters. The van der Waals surface area contributed by atoms with E-state index in [1.807, 2.05) is 57.2 Å². The zero-order valence-corrected chi connectivity index (χ0v) is 13.6. The quantitative estimate of drug-likeness (QED) is 0.914. The van der Waals surface area contributed by atoms with Gasteiger partial charge in [-0.15, -0.1) is 0 Å². The molecule has 0 fully saturated rings. The molecule has 0 bridgehead atoms. The molecule has 1 N–H and O–H groups in total. The summed E-state index contributed by atoms with van der Waals surface area (Å²) in [5.41, 5.74) is 4.50. The molecule has 3 heteroatoms. The molecule has 0 aromatic heterocycles. The van der Waals surface area contributed by atoms with E-state index in [2.05, 4.69) is 11.4 Å². The lowest BCUT2D eigenvalue weighted by atomic mass is 10.1. The summed E-state index contributed by atoms with van der Waals surface area (Å²) in [5.74, 6) is 0.653. The van der Waals surface area contributed by atoms with E-state index in [0.717, 1.165) is 22.4 Å². The van der Waals surface area contributed by atoms with E-state index >= 15 is 0 Å². The molecule has 0 spiro atoms. The summed E-state index contributed by atoms with van der Waals surface area (Å²) in [6.45, 7) is 8.36. The highest BCUT2D eigenvalue weighted by Crippen LogP contribution is 2.21. The summed E-state index contributed by atoms with van der Waals surface area (Å²) in [6.07, 6.45) is -0.523. The maximum Gasteiger partial charge on any atom is 0.261 e. The van der Waals surface area contributed by atoms with Crippen LogP contribution >= 0.6 is 0 Å². The number of ether oxygens (including phenoxy) is 1. The molecule has 3 nitrogen and oxygen atoms in total. The number of carbonyl (C=O) groups is 1. The van der Waals surface area contributed by atoms with Crippen molar-refractivity contribution in [3.63, 3.8) is 0 Å². The molecule has 2 aromatic carbocycles. The van der Waals surface area contributed by atoms with Gasteiger partial charge >= 0.3 is 0 Å². The molecule has 0 aliphatic rings. The first-order valence-electron chi connectivity index (χ1n) is 7.53. The van der Waals surface area contributed by atoms with Crippen molar-refractivity contribution in [2.24, 2.45) is 0 Å².